The second kappa shape index (κ2) is 5.72. The van der Waals surface area contributed by atoms with Crippen molar-refractivity contribution in [2.45, 2.75) is 12.3 Å². The van der Waals surface area contributed by atoms with Gasteiger partial charge in [-0.1, -0.05) is 53.5 Å². The van der Waals surface area contributed by atoms with Gasteiger partial charge in [0.1, 0.15) is 5.76 Å². The zero-order chi connectivity index (χ0) is 19.7. The third-order valence-corrected chi connectivity index (χ3v) is 6.54. The van der Waals surface area contributed by atoms with Crippen LogP contribution in [-0.4, -0.2) is 11.8 Å². The summed E-state index contributed by atoms with van der Waals surface area (Å²) in [4.78, 5) is 28.2. The van der Waals surface area contributed by atoms with Gasteiger partial charge in [0.05, 0.1) is 28.7 Å². The van der Waals surface area contributed by atoms with Crippen molar-refractivity contribution in [3.8, 4) is 0 Å². The third-order valence-electron chi connectivity index (χ3n) is 6.11. The first-order valence-electron chi connectivity index (χ1n) is 8.86. The summed E-state index contributed by atoms with van der Waals surface area (Å²) in [6, 6.07) is 17.9. The first kappa shape index (κ1) is 17.5. The number of furan rings is 1. The topological polar surface area (TPSA) is 50.5 Å². The van der Waals surface area contributed by atoms with Crippen molar-refractivity contribution in [1.29, 1.82) is 0 Å². The number of halogens is 2. The molecule has 2 amide bonds. The summed E-state index contributed by atoms with van der Waals surface area (Å²) < 4.78 is 5.73. The Morgan fingerprint density at radius 3 is 2.18 bits per heavy atom. The van der Waals surface area contributed by atoms with E-state index < -0.39 is 16.7 Å². The van der Waals surface area contributed by atoms with Crippen LogP contribution in [-0.2, 0) is 15.0 Å². The molecule has 0 radical (unpaired) electrons. The van der Waals surface area contributed by atoms with E-state index in [4.69, 9.17) is 27.6 Å². The first-order valence-corrected chi connectivity index (χ1v) is 9.62. The molecule has 2 aromatic carbocycles. The number of piperidine rings is 1. The number of rotatable bonds is 3. The van der Waals surface area contributed by atoms with Gasteiger partial charge in [-0.2, -0.15) is 0 Å². The lowest BCUT2D eigenvalue weighted by Gasteiger charge is -2.27. The molecule has 1 saturated heterocycles. The van der Waals surface area contributed by atoms with Crippen molar-refractivity contribution < 1.29 is 14.0 Å². The average molecular weight is 412 g/mol. The minimum absolute atomic E-state index is 0.272. The highest BCUT2D eigenvalue weighted by molar-refractivity contribution is 6.36. The molecule has 28 heavy (non-hydrogen) atoms. The minimum atomic E-state index is -0.946. The van der Waals surface area contributed by atoms with E-state index >= 15 is 0 Å². The van der Waals surface area contributed by atoms with Gasteiger partial charge in [0.2, 0.25) is 11.8 Å². The molecule has 3 aromatic rings. The fraction of sp³-hybridized carbons (Fsp3) is 0.182. The lowest BCUT2D eigenvalue weighted by atomic mass is 9.82. The molecule has 4 nitrogen and oxygen atoms in total. The minimum Gasteiger partial charge on any atom is -0.468 e. The molecule has 140 valence electrons. The van der Waals surface area contributed by atoms with Crippen molar-refractivity contribution in [2.24, 2.45) is 11.3 Å². The van der Waals surface area contributed by atoms with E-state index in [9.17, 15) is 9.59 Å². The van der Waals surface area contributed by atoms with E-state index in [-0.39, 0.29) is 11.8 Å². The number of imide groups is 1. The molecular formula is C22H15Cl2NO3. The van der Waals surface area contributed by atoms with Crippen LogP contribution in [0.15, 0.2) is 71.3 Å². The van der Waals surface area contributed by atoms with Crippen LogP contribution in [0.2, 0.25) is 10.0 Å². The Morgan fingerprint density at radius 2 is 1.64 bits per heavy atom. The van der Waals surface area contributed by atoms with Crippen molar-refractivity contribution in [1.82, 2.24) is 0 Å². The van der Waals surface area contributed by atoms with Gasteiger partial charge < -0.3 is 4.42 Å². The molecule has 1 saturated carbocycles. The number of amides is 2. The summed E-state index contributed by atoms with van der Waals surface area (Å²) in [5, 5.41) is 0.739. The Morgan fingerprint density at radius 1 is 0.964 bits per heavy atom. The van der Waals surface area contributed by atoms with E-state index in [0.717, 1.165) is 5.56 Å². The number of benzene rings is 2. The second-order valence-electron chi connectivity index (χ2n) is 7.39. The summed E-state index contributed by atoms with van der Waals surface area (Å²) in [5.41, 5.74) is -0.478. The molecule has 2 aliphatic rings. The highest BCUT2D eigenvalue weighted by Crippen LogP contribution is 2.76. The van der Waals surface area contributed by atoms with E-state index in [0.29, 0.717) is 21.5 Å². The zero-order valence-electron chi connectivity index (χ0n) is 14.9. The Kier molecular flexibility index (Phi) is 3.58. The molecule has 0 spiro atoms. The van der Waals surface area contributed by atoms with Gasteiger partial charge >= 0.3 is 0 Å². The number of nitrogens with zero attached hydrogens (tertiary/aromatic N) is 1. The predicted molar refractivity (Wildman–Crippen MR) is 106 cm³/mol. The fourth-order valence-corrected chi connectivity index (χ4v) is 5.44. The summed E-state index contributed by atoms with van der Waals surface area (Å²) in [6.07, 6.45) is 1.57. The Balaban J connectivity index is 1.67. The van der Waals surface area contributed by atoms with E-state index in [1.54, 1.807) is 30.5 Å². The zero-order valence-corrected chi connectivity index (χ0v) is 16.4. The summed E-state index contributed by atoms with van der Waals surface area (Å²) in [6.45, 7) is 1.83. The lowest BCUT2D eigenvalue weighted by Crippen LogP contribution is -2.42. The molecule has 2 heterocycles. The molecule has 1 aliphatic heterocycles. The van der Waals surface area contributed by atoms with Crippen LogP contribution in [0, 0.1) is 11.3 Å². The first-order chi connectivity index (χ1) is 13.4. The van der Waals surface area contributed by atoms with Gasteiger partial charge in [0.15, 0.2) is 0 Å². The van der Waals surface area contributed by atoms with Gasteiger partial charge in [0, 0.05) is 10.0 Å². The van der Waals surface area contributed by atoms with E-state index in [2.05, 4.69) is 0 Å². The monoisotopic (exact) mass is 411 g/mol. The average Bonchev–Trinajstić information content (AvgIpc) is 2.96. The number of hydrogen-bond acceptors (Lipinski definition) is 3. The lowest BCUT2D eigenvalue weighted by molar-refractivity contribution is -0.125. The van der Waals surface area contributed by atoms with Gasteiger partial charge in [-0.3, -0.25) is 9.59 Å². The smallest absolute Gasteiger partial charge is 0.241 e. The number of carbonyl (C=O) groups is 2. The highest BCUT2D eigenvalue weighted by Gasteiger charge is 2.88. The molecule has 0 unspecified atom stereocenters. The summed E-state index contributed by atoms with van der Waals surface area (Å²) in [5.74, 6) is -0.484. The molecule has 1 aliphatic carbocycles. The predicted octanol–water partition coefficient (Wildman–Crippen LogP) is 5.08. The third kappa shape index (κ3) is 1.97. The maximum Gasteiger partial charge on any atom is 0.241 e. The molecule has 0 bridgehead atoms. The number of anilines is 1. The van der Waals surface area contributed by atoms with Crippen LogP contribution in [0.3, 0.4) is 0 Å². The standard InChI is InChI=1S/C22H15Cl2NO3/c1-21-18(19(26)25(20(21)27)16-11-14(23)10-15(24)12-16)22(21,17-8-5-9-28-17)13-6-3-2-4-7-13/h2-12,18H,1H3/t18-,21-,22-/m0/s1. The molecule has 5 rings (SSSR count). The Bertz CT molecular complexity index is 1090. The second-order valence-corrected chi connectivity index (χ2v) is 8.27. The largest absolute Gasteiger partial charge is 0.468 e. The number of hydrogen-bond donors (Lipinski definition) is 0. The quantitative estimate of drug-likeness (QED) is 0.564. The molecule has 2 fully saturated rings. The van der Waals surface area contributed by atoms with E-state index in [1.165, 1.54) is 4.90 Å². The van der Waals surface area contributed by atoms with Gasteiger partial charge in [-0.15, -0.1) is 0 Å². The van der Waals surface area contributed by atoms with Gasteiger partial charge in [-0.05, 0) is 42.8 Å². The number of fused-ring (bicyclic) bond motifs is 1. The van der Waals surface area contributed by atoms with Crippen LogP contribution in [0.1, 0.15) is 18.2 Å². The van der Waals surface area contributed by atoms with Crippen LogP contribution >= 0.6 is 23.2 Å². The van der Waals surface area contributed by atoms with Gasteiger partial charge in [0.25, 0.3) is 0 Å². The summed E-state index contributed by atoms with van der Waals surface area (Å²) in [7, 11) is 0. The van der Waals surface area contributed by atoms with Crippen molar-refractivity contribution >= 4 is 40.7 Å². The normalized spacial score (nSPS) is 28.5. The van der Waals surface area contributed by atoms with Crippen molar-refractivity contribution in [3.05, 3.63) is 88.3 Å². The maximum atomic E-state index is 13.6. The van der Waals surface area contributed by atoms with Crippen molar-refractivity contribution in [3.63, 3.8) is 0 Å². The van der Waals surface area contributed by atoms with Gasteiger partial charge in [-0.25, -0.2) is 4.90 Å². The van der Waals surface area contributed by atoms with Crippen molar-refractivity contribution in [2.75, 3.05) is 4.90 Å². The molecular weight excluding hydrogens is 397 g/mol. The number of carbonyl (C=O) groups excluding carboxylic acids is 2. The van der Waals surface area contributed by atoms with Crippen LogP contribution in [0.4, 0.5) is 5.69 Å². The van der Waals surface area contributed by atoms with Crippen LogP contribution in [0.25, 0.3) is 0 Å². The molecule has 0 N–H and O–H groups in total. The molecule has 6 heteroatoms. The fourth-order valence-electron chi connectivity index (χ4n) is 4.93. The maximum absolute atomic E-state index is 13.6. The summed E-state index contributed by atoms with van der Waals surface area (Å²) >= 11 is 12.2. The molecule has 3 atom stereocenters. The molecule has 1 aromatic heterocycles. The highest BCUT2D eigenvalue weighted by atomic mass is 35.5. The van der Waals surface area contributed by atoms with Crippen LogP contribution in [0.5, 0.6) is 0 Å². The Hall–Kier alpha value is -2.56. The van der Waals surface area contributed by atoms with Crippen LogP contribution < -0.4 is 4.90 Å². The SMILES string of the molecule is C[C@@]12C(=O)N(c3cc(Cl)cc(Cl)c3)C(=O)[C@@H]1[C@]2(c1ccccc1)c1ccco1. The van der Waals surface area contributed by atoms with E-state index in [1.807, 2.05) is 43.3 Å². The Labute approximate surface area is 171 Å².